The molecule has 0 radical (unpaired) electrons. The zero-order chi connectivity index (χ0) is 22.7. The number of aliphatic hydroxyl groups excluding tert-OH is 1. The summed E-state index contributed by atoms with van der Waals surface area (Å²) >= 11 is 0. The number of H-pyrrole nitrogens is 1. The van der Waals surface area contributed by atoms with Crippen molar-refractivity contribution in [1.29, 1.82) is 0 Å². The predicted molar refractivity (Wildman–Crippen MR) is 117 cm³/mol. The average molecular weight is 459 g/mol. The highest BCUT2D eigenvalue weighted by Crippen LogP contribution is 2.30. The fourth-order valence-electron chi connectivity index (χ4n) is 3.49. The lowest BCUT2D eigenvalue weighted by atomic mass is 10.0. The van der Waals surface area contributed by atoms with Gasteiger partial charge in [-0.3, -0.25) is 9.00 Å². The van der Waals surface area contributed by atoms with E-state index in [-0.39, 0.29) is 12.5 Å². The molecule has 8 nitrogen and oxygen atoms in total. The van der Waals surface area contributed by atoms with Crippen LogP contribution in [-0.2, 0) is 26.1 Å². The van der Waals surface area contributed by atoms with Gasteiger partial charge in [-0.05, 0) is 29.3 Å². The maximum absolute atomic E-state index is 14.9. The molecular weight excluding hydrogens is 435 g/mol. The van der Waals surface area contributed by atoms with Gasteiger partial charge in [0.05, 0.1) is 29.2 Å². The van der Waals surface area contributed by atoms with Gasteiger partial charge in [0.1, 0.15) is 5.82 Å². The first kappa shape index (κ1) is 22.1. The van der Waals surface area contributed by atoms with E-state index < -0.39 is 29.1 Å². The Bertz CT molecular complexity index is 1110. The number of halogens is 1. The number of aromatic amines is 1. The third-order valence-corrected chi connectivity index (χ3v) is 6.35. The molecule has 1 saturated heterocycles. The summed E-state index contributed by atoms with van der Waals surface area (Å²) < 4.78 is 32.6. The van der Waals surface area contributed by atoms with Crippen LogP contribution < -0.4 is 10.2 Å². The molecule has 1 aliphatic heterocycles. The first-order chi connectivity index (χ1) is 15.4. The molecule has 1 fully saturated rings. The van der Waals surface area contributed by atoms with Crippen molar-refractivity contribution in [2.75, 3.05) is 18.0 Å². The Hall–Kier alpha value is -3.08. The van der Waals surface area contributed by atoms with E-state index in [0.29, 0.717) is 34.3 Å². The van der Waals surface area contributed by atoms with Gasteiger partial charge in [0.15, 0.2) is 5.16 Å². The van der Waals surface area contributed by atoms with Crippen LogP contribution in [-0.4, -0.2) is 50.8 Å². The van der Waals surface area contributed by atoms with Crippen molar-refractivity contribution in [2.24, 2.45) is 0 Å². The standard InChI is InChI=1S/C22H23FN4O4S/c1-14(28)26-11-18-12-27(22(29)31-18)17-6-7-19(20(23)10-17)16-4-2-15(3-5-16)13-32(30)21-24-8-9-25-21/h2-10,18,22,29H,11-13H2,1H3,(H,24,25)(H,26,28)/t18-,22?,32?/m0/s1. The summed E-state index contributed by atoms with van der Waals surface area (Å²) in [4.78, 5) is 19.4. The molecule has 2 aromatic carbocycles. The summed E-state index contributed by atoms with van der Waals surface area (Å²) in [5.74, 6) is -0.316. The number of carbonyl (C=O) groups excluding carboxylic acids is 1. The minimum Gasteiger partial charge on any atom is -0.354 e. The van der Waals surface area contributed by atoms with Gasteiger partial charge in [0.2, 0.25) is 12.3 Å². The van der Waals surface area contributed by atoms with E-state index in [0.717, 1.165) is 5.56 Å². The Balaban J connectivity index is 1.44. The van der Waals surface area contributed by atoms with Crippen LogP contribution in [0.5, 0.6) is 0 Å². The number of nitrogens with one attached hydrogen (secondary N) is 2. The third-order valence-electron chi connectivity index (χ3n) is 5.10. The topological polar surface area (TPSA) is 108 Å². The van der Waals surface area contributed by atoms with Crippen LogP contribution in [0.25, 0.3) is 11.1 Å². The average Bonchev–Trinajstić information content (AvgIpc) is 3.43. The van der Waals surface area contributed by atoms with E-state index in [9.17, 15) is 18.5 Å². The second-order valence-corrected chi connectivity index (χ2v) is 8.79. The Kier molecular flexibility index (Phi) is 6.63. The molecule has 2 heterocycles. The molecule has 10 heteroatoms. The lowest BCUT2D eigenvalue weighted by Crippen LogP contribution is -2.33. The molecule has 32 heavy (non-hydrogen) atoms. The summed E-state index contributed by atoms with van der Waals surface area (Å²) in [5.41, 5.74) is 2.43. The highest BCUT2D eigenvalue weighted by atomic mass is 32.2. The van der Waals surface area contributed by atoms with Gasteiger partial charge in [0.25, 0.3) is 0 Å². The van der Waals surface area contributed by atoms with Gasteiger partial charge >= 0.3 is 0 Å². The summed E-state index contributed by atoms with van der Waals surface area (Å²) in [6.45, 7) is 1.99. The highest BCUT2D eigenvalue weighted by molar-refractivity contribution is 7.84. The number of ether oxygens (including phenoxy) is 1. The van der Waals surface area contributed by atoms with E-state index in [1.807, 2.05) is 12.1 Å². The van der Waals surface area contributed by atoms with Gasteiger partial charge in [0, 0.05) is 37.1 Å². The van der Waals surface area contributed by atoms with E-state index in [2.05, 4.69) is 15.3 Å². The lowest BCUT2D eigenvalue weighted by Gasteiger charge is -2.21. The Morgan fingerprint density at radius 1 is 1.34 bits per heavy atom. The number of aliphatic hydroxyl groups is 1. The monoisotopic (exact) mass is 458 g/mol. The van der Waals surface area contributed by atoms with Gasteiger partial charge < -0.3 is 25.0 Å². The van der Waals surface area contributed by atoms with Crippen molar-refractivity contribution in [2.45, 2.75) is 30.4 Å². The second-order valence-electron chi connectivity index (χ2n) is 7.42. The number of aromatic nitrogens is 2. The number of benzene rings is 2. The highest BCUT2D eigenvalue weighted by Gasteiger charge is 2.32. The molecule has 1 amide bonds. The van der Waals surface area contributed by atoms with Crippen molar-refractivity contribution < 1.29 is 23.2 Å². The number of nitrogens with zero attached hydrogens (tertiary/aromatic N) is 2. The minimum atomic E-state index is -1.28. The first-order valence-corrected chi connectivity index (χ1v) is 11.3. The maximum atomic E-state index is 14.9. The number of imidazole rings is 1. The normalized spacial score (nSPS) is 19.2. The zero-order valence-corrected chi connectivity index (χ0v) is 18.1. The minimum absolute atomic E-state index is 0.185. The van der Waals surface area contributed by atoms with Crippen LogP contribution in [0, 0.1) is 5.82 Å². The van der Waals surface area contributed by atoms with Crippen molar-refractivity contribution in [1.82, 2.24) is 15.3 Å². The maximum Gasteiger partial charge on any atom is 0.238 e. The van der Waals surface area contributed by atoms with Gasteiger partial charge in [-0.1, -0.05) is 24.3 Å². The summed E-state index contributed by atoms with van der Waals surface area (Å²) in [7, 11) is -1.28. The van der Waals surface area contributed by atoms with Crippen molar-refractivity contribution >= 4 is 22.4 Å². The number of anilines is 1. The molecule has 3 N–H and O–H groups in total. The molecular formula is C22H23FN4O4S. The largest absolute Gasteiger partial charge is 0.354 e. The molecule has 1 aromatic heterocycles. The molecule has 0 aliphatic carbocycles. The van der Waals surface area contributed by atoms with Crippen molar-refractivity contribution in [3.63, 3.8) is 0 Å². The van der Waals surface area contributed by atoms with Crippen molar-refractivity contribution in [3.8, 4) is 11.1 Å². The zero-order valence-electron chi connectivity index (χ0n) is 17.3. The number of carbonyl (C=O) groups is 1. The Morgan fingerprint density at radius 2 is 2.12 bits per heavy atom. The Morgan fingerprint density at radius 3 is 2.78 bits per heavy atom. The molecule has 168 valence electrons. The van der Waals surface area contributed by atoms with Crippen LogP contribution in [0.1, 0.15) is 12.5 Å². The van der Waals surface area contributed by atoms with Crippen LogP contribution in [0.2, 0.25) is 0 Å². The van der Waals surface area contributed by atoms with Gasteiger partial charge in [-0.25, -0.2) is 9.37 Å². The molecule has 2 unspecified atom stereocenters. The fraction of sp³-hybridized carbons (Fsp3) is 0.273. The summed E-state index contributed by atoms with van der Waals surface area (Å²) in [6, 6.07) is 11.9. The van der Waals surface area contributed by atoms with Gasteiger partial charge in [-0.2, -0.15) is 0 Å². The van der Waals surface area contributed by atoms with Gasteiger partial charge in [-0.15, -0.1) is 0 Å². The smallest absolute Gasteiger partial charge is 0.238 e. The van der Waals surface area contributed by atoms with E-state index in [4.69, 9.17) is 4.74 Å². The van der Waals surface area contributed by atoms with E-state index in [1.165, 1.54) is 17.9 Å². The molecule has 1 aliphatic rings. The first-order valence-electron chi connectivity index (χ1n) is 10.0. The van der Waals surface area contributed by atoms with E-state index in [1.54, 1.807) is 36.7 Å². The van der Waals surface area contributed by atoms with E-state index >= 15 is 0 Å². The summed E-state index contributed by atoms with van der Waals surface area (Å²) in [6.07, 6.45) is 1.57. The van der Waals surface area contributed by atoms with Crippen LogP contribution in [0.4, 0.5) is 10.1 Å². The third kappa shape index (κ3) is 5.04. The van der Waals surface area contributed by atoms with Crippen LogP contribution >= 0.6 is 0 Å². The number of rotatable bonds is 7. The van der Waals surface area contributed by atoms with Crippen molar-refractivity contribution in [3.05, 3.63) is 66.2 Å². The molecule has 3 atom stereocenters. The Labute approximate surface area is 186 Å². The number of hydrogen-bond donors (Lipinski definition) is 3. The molecule has 0 spiro atoms. The summed E-state index contributed by atoms with van der Waals surface area (Å²) in [5, 5.41) is 13.2. The SMILES string of the molecule is CC(=O)NC[C@H]1CN(c2ccc(-c3ccc(CS(=O)c4ncc[nH]4)cc3)c(F)c2)C(O)O1. The molecule has 4 rings (SSSR count). The van der Waals surface area contributed by atoms with Crippen LogP contribution in [0.3, 0.4) is 0 Å². The second kappa shape index (κ2) is 9.60. The number of amides is 1. The lowest BCUT2D eigenvalue weighted by molar-refractivity contribution is -0.121. The molecule has 0 saturated carbocycles. The fourth-order valence-corrected chi connectivity index (χ4v) is 4.50. The van der Waals surface area contributed by atoms with Crippen LogP contribution in [0.15, 0.2) is 60.0 Å². The number of hydrogen-bond acceptors (Lipinski definition) is 6. The predicted octanol–water partition coefficient (Wildman–Crippen LogP) is 2.14. The quantitative estimate of drug-likeness (QED) is 0.501. The molecule has 0 bridgehead atoms. The molecule has 3 aromatic rings.